The van der Waals surface area contributed by atoms with Crippen molar-refractivity contribution in [2.75, 3.05) is 11.5 Å². The predicted octanol–water partition coefficient (Wildman–Crippen LogP) is 6.66. The van der Waals surface area contributed by atoms with Crippen LogP contribution in [0, 0.1) is 10.1 Å². The fraction of sp³-hybridized carbons (Fsp3) is 0.179. The monoisotopic (exact) mass is 563 g/mol. The minimum Gasteiger partial charge on any atom is -0.507 e. The van der Waals surface area contributed by atoms with Gasteiger partial charge in [-0.1, -0.05) is 48.4 Å². The number of aromatic nitrogens is 1. The molecule has 0 bridgehead atoms. The van der Waals surface area contributed by atoms with Crippen LogP contribution >= 0.6 is 22.9 Å². The molecule has 0 aliphatic carbocycles. The van der Waals surface area contributed by atoms with E-state index in [1.54, 1.807) is 42.5 Å². The highest BCUT2D eigenvalue weighted by Crippen LogP contribution is 2.45. The van der Waals surface area contributed by atoms with E-state index in [1.807, 2.05) is 6.92 Å². The zero-order valence-corrected chi connectivity index (χ0v) is 22.2. The Kier molecular flexibility index (Phi) is 7.32. The van der Waals surface area contributed by atoms with Crippen LogP contribution in [0.25, 0.3) is 16.0 Å². The first kappa shape index (κ1) is 26.3. The fourth-order valence-electron chi connectivity index (χ4n) is 4.34. The van der Waals surface area contributed by atoms with E-state index in [0.29, 0.717) is 38.7 Å². The first-order valence-electron chi connectivity index (χ1n) is 12.1. The molecule has 11 heteroatoms. The lowest BCUT2D eigenvalue weighted by Crippen LogP contribution is -2.29. The van der Waals surface area contributed by atoms with E-state index in [1.165, 1.54) is 40.5 Å². The molecule has 1 amide bonds. The van der Waals surface area contributed by atoms with Crippen molar-refractivity contribution in [2.24, 2.45) is 0 Å². The second kappa shape index (κ2) is 10.8. The number of carbonyl (C=O) groups is 2. The van der Waals surface area contributed by atoms with E-state index in [4.69, 9.17) is 16.3 Å². The number of ether oxygens (including phenoxy) is 1. The summed E-state index contributed by atoms with van der Waals surface area (Å²) >= 11 is 7.30. The van der Waals surface area contributed by atoms with Crippen LogP contribution in [0.15, 0.2) is 72.3 Å². The van der Waals surface area contributed by atoms with Crippen molar-refractivity contribution in [1.82, 2.24) is 4.98 Å². The molecular formula is C28H22ClN3O6S. The second-order valence-electron chi connectivity index (χ2n) is 8.86. The number of amides is 1. The molecule has 1 unspecified atom stereocenters. The number of hydrogen-bond donors (Lipinski definition) is 1. The molecule has 0 saturated carbocycles. The van der Waals surface area contributed by atoms with E-state index >= 15 is 0 Å². The largest absolute Gasteiger partial charge is 0.507 e. The smallest absolute Gasteiger partial charge is 0.301 e. The second-order valence-corrected chi connectivity index (χ2v) is 10.3. The first-order valence-corrected chi connectivity index (χ1v) is 13.3. The summed E-state index contributed by atoms with van der Waals surface area (Å²) in [6.45, 7) is 2.54. The number of ketones is 1. The zero-order valence-electron chi connectivity index (χ0n) is 20.7. The maximum Gasteiger partial charge on any atom is 0.301 e. The average Bonchev–Trinajstić information content (AvgIpc) is 3.46. The standard InChI is InChI=1S/C28H22ClN3O6S/c1-2-3-13-38-20-6-4-5-17(14-20)25(33)23-24(16-7-10-19(11-8-16)32(36)37)31(27(35)26(23)34)28-30-21-12-9-18(29)15-22(21)39-28/h4-12,14-15,24,33H,2-3,13H2,1H3. The van der Waals surface area contributed by atoms with Crippen molar-refractivity contribution < 1.29 is 24.4 Å². The number of aliphatic hydroxyl groups excluding tert-OH is 1. The summed E-state index contributed by atoms with van der Waals surface area (Å²) in [6.07, 6.45) is 1.81. The van der Waals surface area contributed by atoms with Gasteiger partial charge >= 0.3 is 5.91 Å². The van der Waals surface area contributed by atoms with E-state index in [9.17, 15) is 24.8 Å². The lowest BCUT2D eigenvalue weighted by Gasteiger charge is -2.23. The van der Waals surface area contributed by atoms with Crippen LogP contribution in [0.2, 0.25) is 5.02 Å². The lowest BCUT2D eigenvalue weighted by molar-refractivity contribution is -0.384. The Morgan fingerprint density at radius 2 is 1.92 bits per heavy atom. The van der Waals surface area contributed by atoms with E-state index in [-0.39, 0.29) is 22.2 Å². The molecule has 0 radical (unpaired) electrons. The predicted molar refractivity (Wildman–Crippen MR) is 149 cm³/mol. The molecule has 9 nitrogen and oxygen atoms in total. The quantitative estimate of drug-likeness (QED) is 0.0634. The number of rotatable bonds is 8. The summed E-state index contributed by atoms with van der Waals surface area (Å²) in [7, 11) is 0. The van der Waals surface area contributed by atoms with Crippen LogP contribution in [0.3, 0.4) is 0 Å². The Morgan fingerprint density at radius 1 is 1.15 bits per heavy atom. The first-order chi connectivity index (χ1) is 18.8. The van der Waals surface area contributed by atoms with E-state index < -0.39 is 22.7 Å². The number of aliphatic hydroxyl groups is 1. The summed E-state index contributed by atoms with van der Waals surface area (Å²) in [5.74, 6) is -1.65. The van der Waals surface area contributed by atoms with Crippen LogP contribution in [-0.2, 0) is 9.59 Å². The minimum atomic E-state index is -1.08. The Hall–Kier alpha value is -4.28. The SMILES string of the molecule is CCCCOc1cccc(C(O)=C2C(=O)C(=O)N(c3nc4ccc(Cl)cc4s3)C2c2ccc([N+](=O)[O-])cc2)c1. The third kappa shape index (κ3) is 5.08. The minimum absolute atomic E-state index is 0.151. The molecule has 1 aromatic heterocycles. The molecule has 3 aromatic carbocycles. The lowest BCUT2D eigenvalue weighted by atomic mass is 9.95. The van der Waals surface area contributed by atoms with Crippen molar-refractivity contribution in [3.8, 4) is 5.75 Å². The number of unbranched alkanes of at least 4 members (excludes halogenated alkanes) is 1. The van der Waals surface area contributed by atoms with Gasteiger partial charge in [-0.3, -0.25) is 24.6 Å². The number of anilines is 1. The van der Waals surface area contributed by atoms with Crippen LogP contribution < -0.4 is 9.64 Å². The van der Waals surface area contributed by atoms with E-state index in [0.717, 1.165) is 12.8 Å². The number of hydrogen-bond acceptors (Lipinski definition) is 8. The van der Waals surface area contributed by atoms with E-state index in [2.05, 4.69) is 4.98 Å². The van der Waals surface area contributed by atoms with Crippen LogP contribution in [0.1, 0.15) is 36.9 Å². The van der Waals surface area contributed by atoms with Crippen LogP contribution in [0.4, 0.5) is 10.8 Å². The molecule has 5 rings (SSSR count). The van der Waals surface area contributed by atoms with Crippen molar-refractivity contribution in [3.05, 3.63) is 98.6 Å². The van der Waals surface area contributed by atoms with Gasteiger partial charge in [-0.25, -0.2) is 4.98 Å². The summed E-state index contributed by atoms with van der Waals surface area (Å²) in [5.41, 5.74) is 0.971. The third-order valence-electron chi connectivity index (χ3n) is 6.28. The van der Waals surface area contributed by atoms with Crippen molar-refractivity contribution >= 4 is 61.4 Å². The number of Topliss-reactive ketones (excluding diaryl/α,β-unsaturated/α-hetero) is 1. The normalized spacial score (nSPS) is 16.7. The summed E-state index contributed by atoms with van der Waals surface area (Å²) in [4.78, 5) is 43.3. The number of nitro groups is 1. The number of halogens is 1. The molecular weight excluding hydrogens is 542 g/mol. The van der Waals surface area contributed by atoms with Gasteiger partial charge in [-0.15, -0.1) is 0 Å². The van der Waals surface area contributed by atoms with Gasteiger partial charge in [-0.2, -0.15) is 0 Å². The summed E-state index contributed by atoms with van der Waals surface area (Å²) in [6, 6.07) is 16.1. The van der Waals surface area contributed by atoms with Gasteiger partial charge in [0.1, 0.15) is 11.5 Å². The topological polar surface area (TPSA) is 123 Å². The summed E-state index contributed by atoms with van der Waals surface area (Å²) < 4.78 is 6.46. The number of carbonyl (C=O) groups excluding carboxylic acids is 2. The summed E-state index contributed by atoms with van der Waals surface area (Å²) in [5, 5.41) is 23.4. The molecule has 1 fully saturated rings. The van der Waals surface area contributed by atoms with Gasteiger partial charge in [0.15, 0.2) is 5.13 Å². The van der Waals surface area contributed by atoms with Crippen molar-refractivity contribution in [2.45, 2.75) is 25.8 Å². The van der Waals surface area contributed by atoms with Crippen LogP contribution in [0.5, 0.6) is 5.75 Å². The van der Waals surface area contributed by atoms with Gasteiger partial charge in [0, 0.05) is 22.7 Å². The molecule has 1 N–H and O–H groups in total. The Bertz CT molecular complexity index is 1630. The van der Waals surface area contributed by atoms with Gasteiger partial charge in [0.05, 0.1) is 33.4 Å². The van der Waals surface area contributed by atoms with Crippen molar-refractivity contribution in [3.63, 3.8) is 0 Å². The molecule has 0 spiro atoms. The zero-order chi connectivity index (χ0) is 27.7. The maximum absolute atomic E-state index is 13.4. The fourth-order valence-corrected chi connectivity index (χ4v) is 5.60. The average molecular weight is 564 g/mol. The van der Waals surface area contributed by atoms with Gasteiger partial charge in [-0.05, 0) is 54.4 Å². The number of nitrogens with zero attached hydrogens (tertiary/aromatic N) is 3. The Balaban J connectivity index is 1.65. The Morgan fingerprint density at radius 3 is 2.64 bits per heavy atom. The molecule has 39 heavy (non-hydrogen) atoms. The van der Waals surface area contributed by atoms with Gasteiger partial charge in [0.2, 0.25) is 0 Å². The van der Waals surface area contributed by atoms with Crippen LogP contribution in [-0.4, -0.2) is 33.3 Å². The maximum atomic E-state index is 13.4. The highest BCUT2D eigenvalue weighted by Gasteiger charge is 2.48. The molecule has 1 aliphatic rings. The van der Waals surface area contributed by atoms with Crippen molar-refractivity contribution in [1.29, 1.82) is 0 Å². The number of non-ortho nitro benzene ring substituents is 1. The molecule has 1 saturated heterocycles. The third-order valence-corrected chi connectivity index (χ3v) is 7.54. The number of benzene rings is 3. The molecule has 1 aliphatic heterocycles. The molecule has 198 valence electrons. The number of fused-ring (bicyclic) bond motifs is 1. The molecule has 1 atom stereocenters. The Labute approximate surface area is 232 Å². The molecule has 2 heterocycles. The highest BCUT2D eigenvalue weighted by atomic mass is 35.5. The highest BCUT2D eigenvalue weighted by molar-refractivity contribution is 7.22. The molecule has 4 aromatic rings. The number of thiazole rings is 1. The van der Waals surface area contributed by atoms with Gasteiger partial charge < -0.3 is 9.84 Å². The number of nitro benzene ring substituents is 1. The van der Waals surface area contributed by atoms with Gasteiger partial charge in [0.25, 0.3) is 11.5 Å².